The maximum absolute atomic E-state index is 13.4. The van der Waals surface area contributed by atoms with E-state index in [2.05, 4.69) is 10.6 Å². The Balaban J connectivity index is 1.55. The zero-order valence-corrected chi connectivity index (χ0v) is 26.8. The van der Waals surface area contributed by atoms with E-state index in [-0.39, 0.29) is 56.3 Å². The highest BCUT2D eigenvalue weighted by Gasteiger charge is 2.47. The first-order valence-electron chi connectivity index (χ1n) is 15.2. The topological polar surface area (TPSA) is 133 Å². The Morgan fingerprint density at radius 3 is 2.47 bits per heavy atom. The van der Waals surface area contributed by atoms with E-state index in [4.69, 9.17) is 30.5 Å². The van der Waals surface area contributed by atoms with E-state index in [0.29, 0.717) is 16.3 Å². The summed E-state index contributed by atoms with van der Waals surface area (Å²) in [6.45, 7) is 5.72. The van der Waals surface area contributed by atoms with Gasteiger partial charge < -0.3 is 29.6 Å². The minimum atomic E-state index is -1.11. The highest BCUT2D eigenvalue weighted by atomic mass is 35.5. The molecule has 10 nitrogen and oxygen atoms in total. The van der Waals surface area contributed by atoms with Gasteiger partial charge in [0.25, 0.3) is 0 Å². The van der Waals surface area contributed by atoms with Gasteiger partial charge in [-0.25, -0.2) is 4.79 Å². The molecular weight excluding hydrogens is 600 g/mol. The molecule has 242 valence electrons. The summed E-state index contributed by atoms with van der Waals surface area (Å²) in [5.41, 5.74) is 1.73. The van der Waals surface area contributed by atoms with Crippen molar-refractivity contribution in [3.05, 3.63) is 76.8 Å². The minimum Gasteiger partial charge on any atom is -0.495 e. The Morgan fingerprint density at radius 1 is 1.02 bits per heavy atom. The van der Waals surface area contributed by atoms with Crippen molar-refractivity contribution in [2.24, 2.45) is 11.8 Å². The molecule has 0 aliphatic carbocycles. The number of hydrogen-bond donors (Lipinski definition) is 2. The Morgan fingerprint density at radius 2 is 1.78 bits per heavy atom. The first kappa shape index (κ1) is 34.0. The number of cyclic esters (lactones) is 2. The van der Waals surface area contributed by atoms with Crippen molar-refractivity contribution in [1.82, 2.24) is 10.6 Å². The molecule has 2 heterocycles. The van der Waals surface area contributed by atoms with Crippen molar-refractivity contribution < 1.29 is 38.1 Å². The number of epoxide rings is 1. The third-order valence-corrected chi connectivity index (χ3v) is 8.10. The molecular formula is C34H41ClN2O8. The fourth-order valence-electron chi connectivity index (χ4n) is 5.30. The monoisotopic (exact) mass is 640 g/mol. The summed E-state index contributed by atoms with van der Waals surface area (Å²) >= 11 is 6.28. The van der Waals surface area contributed by atoms with Crippen LogP contribution in [0.3, 0.4) is 0 Å². The third kappa shape index (κ3) is 9.80. The molecule has 2 aromatic carbocycles. The number of hydrogen-bond acceptors (Lipinski definition) is 8. The van der Waals surface area contributed by atoms with E-state index in [1.807, 2.05) is 51.1 Å². The summed E-state index contributed by atoms with van der Waals surface area (Å²) in [4.78, 5) is 52.3. The lowest BCUT2D eigenvalue weighted by Crippen LogP contribution is -2.48. The van der Waals surface area contributed by atoms with Gasteiger partial charge in [0.2, 0.25) is 11.8 Å². The zero-order chi connectivity index (χ0) is 32.5. The molecule has 2 aromatic rings. The molecule has 0 unspecified atom stereocenters. The molecule has 0 spiro atoms. The minimum absolute atomic E-state index is 0.0431. The SMILES string of the molecule is COc1ccc(C[C@H]2NC(=O)/C=C/C[C@@H]([C@H](C)[C@H]3O[C@@H]3c3ccccc3)OC(=O)[C@@H](CC(C)C)OC(=O)CCNC2=O)cc1Cl. The van der Waals surface area contributed by atoms with Crippen LogP contribution in [0.1, 0.15) is 57.3 Å². The van der Waals surface area contributed by atoms with Crippen LogP contribution in [-0.2, 0) is 39.8 Å². The smallest absolute Gasteiger partial charge is 0.347 e. The lowest BCUT2D eigenvalue weighted by Gasteiger charge is -2.26. The molecule has 1 fully saturated rings. The van der Waals surface area contributed by atoms with E-state index < -0.39 is 42.0 Å². The number of carbonyl (C=O) groups excluding carboxylic acids is 4. The number of ether oxygens (including phenoxy) is 4. The Hall–Kier alpha value is -3.89. The van der Waals surface area contributed by atoms with Gasteiger partial charge >= 0.3 is 11.9 Å². The van der Waals surface area contributed by atoms with Crippen molar-refractivity contribution in [2.75, 3.05) is 13.7 Å². The fourth-order valence-corrected chi connectivity index (χ4v) is 5.58. The summed E-state index contributed by atoms with van der Waals surface area (Å²) < 4.78 is 22.7. The zero-order valence-electron chi connectivity index (χ0n) is 26.0. The molecule has 45 heavy (non-hydrogen) atoms. The van der Waals surface area contributed by atoms with Crippen LogP contribution in [0.4, 0.5) is 0 Å². The average molecular weight is 641 g/mol. The van der Waals surface area contributed by atoms with Gasteiger partial charge in [0.15, 0.2) is 6.10 Å². The standard InChI is InChI=1S/C34H41ClN2O8/c1-20(2)17-28-34(41)44-26(21(3)31-32(45-31)23-9-6-5-7-10-23)11-8-12-29(38)37-25(33(40)36-16-15-30(39)43-28)19-22-13-14-27(42-4)24(35)18-22/h5-10,12-14,18,20-21,25-26,28,31-32H,11,15-17,19H2,1-4H3,(H,36,40)(H,37,38)/b12-8+/t21-,25+,26-,28+,31+,32+/m0/s1. The van der Waals surface area contributed by atoms with Crippen molar-refractivity contribution in [3.8, 4) is 5.75 Å². The van der Waals surface area contributed by atoms with Crippen LogP contribution >= 0.6 is 11.6 Å². The number of benzene rings is 2. The van der Waals surface area contributed by atoms with E-state index in [0.717, 1.165) is 5.56 Å². The molecule has 2 aliphatic heterocycles. The number of amides is 2. The lowest BCUT2D eigenvalue weighted by molar-refractivity contribution is -0.174. The quantitative estimate of drug-likeness (QED) is 0.319. The number of carbonyl (C=O) groups is 4. The molecule has 0 radical (unpaired) electrons. The number of nitrogens with one attached hydrogen (secondary N) is 2. The van der Waals surface area contributed by atoms with Crippen LogP contribution in [0.25, 0.3) is 0 Å². The lowest BCUT2D eigenvalue weighted by atomic mass is 9.93. The largest absolute Gasteiger partial charge is 0.495 e. The second-order valence-corrected chi connectivity index (χ2v) is 12.2. The summed E-state index contributed by atoms with van der Waals surface area (Å²) in [6.07, 6.45) is 1.28. The first-order chi connectivity index (χ1) is 21.5. The van der Waals surface area contributed by atoms with Crippen LogP contribution in [0.2, 0.25) is 5.02 Å². The summed E-state index contributed by atoms with van der Waals surface area (Å²) in [7, 11) is 1.50. The maximum atomic E-state index is 13.4. The molecule has 4 rings (SSSR count). The molecule has 2 amide bonds. The van der Waals surface area contributed by atoms with Gasteiger partial charge in [0.05, 0.1) is 24.7 Å². The van der Waals surface area contributed by atoms with Gasteiger partial charge in [-0.2, -0.15) is 0 Å². The Labute approximate surface area is 268 Å². The van der Waals surface area contributed by atoms with E-state index in [1.54, 1.807) is 24.3 Å². The molecule has 1 saturated heterocycles. The van der Waals surface area contributed by atoms with Gasteiger partial charge in [-0.1, -0.05) is 74.8 Å². The van der Waals surface area contributed by atoms with E-state index >= 15 is 0 Å². The summed E-state index contributed by atoms with van der Waals surface area (Å²) in [5, 5.41) is 5.80. The summed E-state index contributed by atoms with van der Waals surface area (Å²) in [6, 6.07) is 13.9. The second kappa shape index (κ2) is 15.9. The Kier molecular flexibility index (Phi) is 12.0. The van der Waals surface area contributed by atoms with Gasteiger partial charge in [0.1, 0.15) is 24.0 Å². The molecule has 2 N–H and O–H groups in total. The molecule has 2 aliphatic rings. The van der Waals surface area contributed by atoms with E-state index in [9.17, 15) is 19.2 Å². The number of methoxy groups -OCH3 is 1. The normalized spacial score (nSPS) is 26.2. The molecule has 0 saturated carbocycles. The summed E-state index contributed by atoms with van der Waals surface area (Å²) in [5.74, 6) is -1.99. The van der Waals surface area contributed by atoms with Crippen molar-refractivity contribution in [3.63, 3.8) is 0 Å². The van der Waals surface area contributed by atoms with Crippen molar-refractivity contribution in [2.45, 2.75) is 76.9 Å². The molecule has 6 atom stereocenters. The van der Waals surface area contributed by atoms with Crippen LogP contribution < -0.4 is 15.4 Å². The van der Waals surface area contributed by atoms with Gasteiger partial charge in [0, 0.05) is 25.3 Å². The van der Waals surface area contributed by atoms with Crippen LogP contribution in [0.5, 0.6) is 5.75 Å². The maximum Gasteiger partial charge on any atom is 0.347 e. The van der Waals surface area contributed by atoms with Crippen LogP contribution in [0, 0.1) is 11.8 Å². The third-order valence-electron chi connectivity index (χ3n) is 7.80. The highest BCUT2D eigenvalue weighted by Crippen LogP contribution is 2.45. The van der Waals surface area contributed by atoms with E-state index in [1.165, 1.54) is 13.2 Å². The number of halogens is 1. The average Bonchev–Trinajstić information content (AvgIpc) is 3.80. The number of esters is 2. The first-order valence-corrected chi connectivity index (χ1v) is 15.6. The number of rotatable bonds is 8. The Bertz CT molecular complexity index is 1380. The molecule has 0 aromatic heterocycles. The molecule has 0 bridgehead atoms. The fraction of sp³-hybridized carbons (Fsp3) is 0.471. The predicted octanol–water partition coefficient (Wildman–Crippen LogP) is 4.49. The van der Waals surface area contributed by atoms with Crippen molar-refractivity contribution >= 4 is 35.4 Å². The van der Waals surface area contributed by atoms with Crippen LogP contribution in [-0.4, -0.2) is 61.8 Å². The van der Waals surface area contributed by atoms with Crippen LogP contribution in [0.15, 0.2) is 60.7 Å². The predicted molar refractivity (Wildman–Crippen MR) is 167 cm³/mol. The van der Waals surface area contributed by atoms with Gasteiger partial charge in [-0.3, -0.25) is 14.4 Å². The van der Waals surface area contributed by atoms with Gasteiger partial charge in [-0.05, 0) is 41.7 Å². The highest BCUT2D eigenvalue weighted by molar-refractivity contribution is 6.32. The molecule has 11 heteroatoms. The van der Waals surface area contributed by atoms with Crippen molar-refractivity contribution in [1.29, 1.82) is 0 Å². The second-order valence-electron chi connectivity index (χ2n) is 11.8. The van der Waals surface area contributed by atoms with Gasteiger partial charge in [-0.15, -0.1) is 0 Å².